The normalized spacial score (nSPS) is 12.4. The van der Waals surface area contributed by atoms with Crippen LogP contribution in [0.5, 0.6) is 0 Å². The summed E-state index contributed by atoms with van der Waals surface area (Å²) in [7, 11) is 0. The Morgan fingerprint density at radius 1 is 0.941 bits per heavy atom. The minimum atomic E-state index is 0.419. The van der Waals surface area contributed by atoms with E-state index in [0.717, 1.165) is 6.42 Å². The molecule has 0 heterocycles. The predicted octanol–water partition coefficient (Wildman–Crippen LogP) is 3.48. The third-order valence-electron chi connectivity index (χ3n) is 3.22. The van der Waals surface area contributed by atoms with E-state index in [2.05, 4.69) is 61.5 Å². The van der Waals surface area contributed by atoms with Gasteiger partial charge in [-0.05, 0) is 36.6 Å². The van der Waals surface area contributed by atoms with Crippen LogP contribution in [0, 0.1) is 6.92 Å². The van der Waals surface area contributed by atoms with E-state index in [1.54, 1.807) is 0 Å². The van der Waals surface area contributed by atoms with E-state index in [9.17, 15) is 0 Å². The molecule has 0 saturated heterocycles. The molecule has 88 valence electrons. The summed E-state index contributed by atoms with van der Waals surface area (Å²) in [5, 5.41) is 0. The molecule has 0 aliphatic carbocycles. The summed E-state index contributed by atoms with van der Waals surface area (Å²) in [4.78, 5) is 0. The Bertz CT molecular complexity index is 462. The summed E-state index contributed by atoms with van der Waals surface area (Å²) < 4.78 is 0. The summed E-state index contributed by atoms with van der Waals surface area (Å²) in [6, 6.07) is 19.2. The van der Waals surface area contributed by atoms with E-state index in [4.69, 9.17) is 5.73 Å². The van der Waals surface area contributed by atoms with Crippen LogP contribution in [0.3, 0.4) is 0 Å². The second-order valence-corrected chi connectivity index (χ2v) is 4.40. The number of nitrogens with two attached hydrogens (primary N) is 1. The van der Waals surface area contributed by atoms with Gasteiger partial charge in [-0.3, -0.25) is 0 Å². The lowest BCUT2D eigenvalue weighted by Gasteiger charge is -2.19. The van der Waals surface area contributed by atoms with Gasteiger partial charge in [0.15, 0.2) is 0 Å². The van der Waals surface area contributed by atoms with Crippen molar-refractivity contribution in [1.82, 2.24) is 0 Å². The minimum Gasteiger partial charge on any atom is -0.330 e. The molecule has 1 nitrogen and oxygen atoms in total. The maximum Gasteiger partial charge on any atom is 0.0104 e. The molecule has 2 aromatic carbocycles. The van der Waals surface area contributed by atoms with Gasteiger partial charge >= 0.3 is 0 Å². The quantitative estimate of drug-likeness (QED) is 0.847. The molecular formula is C16H19N. The smallest absolute Gasteiger partial charge is 0.0104 e. The highest BCUT2D eigenvalue weighted by molar-refractivity contribution is 5.37. The second kappa shape index (κ2) is 5.65. The van der Waals surface area contributed by atoms with Crippen molar-refractivity contribution >= 4 is 0 Å². The molecule has 2 rings (SSSR count). The molecule has 17 heavy (non-hydrogen) atoms. The van der Waals surface area contributed by atoms with Gasteiger partial charge in [0, 0.05) is 5.92 Å². The molecule has 0 radical (unpaired) electrons. The lowest BCUT2D eigenvalue weighted by Crippen LogP contribution is -2.09. The van der Waals surface area contributed by atoms with Crippen molar-refractivity contribution in [2.45, 2.75) is 19.3 Å². The van der Waals surface area contributed by atoms with Crippen LogP contribution in [0.2, 0.25) is 0 Å². The summed E-state index contributed by atoms with van der Waals surface area (Å²) >= 11 is 0. The van der Waals surface area contributed by atoms with Crippen molar-refractivity contribution in [2.75, 3.05) is 6.54 Å². The van der Waals surface area contributed by atoms with E-state index in [-0.39, 0.29) is 0 Å². The van der Waals surface area contributed by atoms with E-state index in [1.165, 1.54) is 16.7 Å². The topological polar surface area (TPSA) is 26.0 Å². The highest BCUT2D eigenvalue weighted by Gasteiger charge is 2.14. The molecule has 2 N–H and O–H groups in total. The van der Waals surface area contributed by atoms with Crippen molar-refractivity contribution in [3.63, 3.8) is 0 Å². The van der Waals surface area contributed by atoms with Gasteiger partial charge in [-0.2, -0.15) is 0 Å². The van der Waals surface area contributed by atoms with Gasteiger partial charge in [0.1, 0.15) is 0 Å². The van der Waals surface area contributed by atoms with Gasteiger partial charge < -0.3 is 5.73 Å². The Morgan fingerprint density at radius 2 is 1.59 bits per heavy atom. The number of benzene rings is 2. The average molecular weight is 225 g/mol. The molecule has 0 aliphatic rings. The highest BCUT2D eigenvalue weighted by Crippen LogP contribution is 2.29. The van der Waals surface area contributed by atoms with Crippen molar-refractivity contribution < 1.29 is 0 Å². The third-order valence-corrected chi connectivity index (χ3v) is 3.22. The lowest BCUT2D eigenvalue weighted by atomic mass is 9.86. The number of hydrogen-bond donors (Lipinski definition) is 1. The van der Waals surface area contributed by atoms with Gasteiger partial charge in [-0.1, -0.05) is 54.6 Å². The number of rotatable bonds is 4. The van der Waals surface area contributed by atoms with E-state index in [0.29, 0.717) is 12.5 Å². The molecule has 0 bridgehead atoms. The SMILES string of the molecule is Cc1ccccc1C(CCN)c1ccccc1. The minimum absolute atomic E-state index is 0.419. The van der Waals surface area contributed by atoms with Crippen LogP contribution in [-0.2, 0) is 0 Å². The van der Waals surface area contributed by atoms with Gasteiger partial charge in [-0.15, -0.1) is 0 Å². The zero-order valence-corrected chi connectivity index (χ0v) is 10.3. The summed E-state index contributed by atoms with van der Waals surface area (Å²) in [6.45, 7) is 2.88. The van der Waals surface area contributed by atoms with Crippen LogP contribution in [-0.4, -0.2) is 6.54 Å². The average Bonchev–Trinajstić information content (AvgIpc) is 2.38. The van der Waals surface area contributed by atoms with Crippen molar-refractivity contribution in [3.05, 3.63) is 71.3 Å². The Labute approximate surface area is 103 Å². The highest BCUT2D eigenvalue weighted by atomic mass is 14.5. The molecule has 0 aromatic heterocycles. The molecule has 0 fully saturated rings. The summed E-state index contributed by atoms with van der Waals surface area (Å²) in [5.74, 6) is 0.419. The molecule has 1 unspecified atom stereocenters. The number of aryl methyl sites for hydroxylation is 1. The first-order chi connectivity index (χ1) is 8.33. The van der Waals surface area contributed by atoms with Crippen molar-refractivity contribution in [1.29, 1.82) is 0 Å². The number of hydrogen-bond acceptors (Lipinski definition) is 1. The van der Waals surface area contributed by atoms with Gasteiger partial charge in [0.05, 0.1) is 0 Å². The predicted molar refractivity (Wildman–Crippen MR) is 73.1 cm³/mol. The molecule has 2 aromatic rings. The van der Waals surface area contributed by atoms with Crippen LogP contribution in [0.1, 0.15) is 29.0 Å². The van der Waals surface area contributed by atoms with Gasteiger partial charge in [0.25, 0.3) is 0 Å². The molecule has 0 saturated carbocycles. The van der Waals surface area contributed by atoms with Crippen molar-refractivity contribution in [3.8, 4) is 0 Å². The van der Waals surface area contributed by atoms with Crippen molar-refractivity contribution in [2.24, 2.45) is 5.73 Å². The first-order valence-electron chi connectivity index (χ1n) is 6.13. The monoisotopic (exact) mass is 225 g/mol. The first-order valence-corrected chi connectivity index (χ1v) is 6.13. The van der Waals surface area contributed by atoms with Gasteiger partial charge in [-0.25, -0.2) is 0 Å². The maximum absolute atomic E-state index is 5.75. The fourth-order valence-electron chi connectivity index (χ4n) is 2.33. The summed E-state index contributed by atoms with van der Waals surface area (Å²) in [5.41, 5.74) is 9.84. The Hall–Kier alpha value is -1.60. The van der Waals surface area contributed by atoms with E-state index >= 15 is 0 Å². The lowest BCUT2D eigenvalue weighted by molar-refractivity contribution is 0.722. The zero-order valence-electron chi connectivity index (χ0n) is 10.3. The van der Waals surface area contributed by atoms with Crippen LogP contribution < -0.4 is 5.73 Å². The second-order valence-electron chi connectivity index (χ2n) is 4.40. The Morgan fingerprint density at radius 3 is 2.24 bits per heavy atom. The van der Waals surface area contributed by atoms with Crippen LogP contribution in [0.25, 0.3) is 0 Å². The first kappa shape index (κ1) is 11.9. The fourth-order valence-corrected chi connectivity index (χ4v) is 2.33. The van der Waals surface area contributed by atoms with Gasteiger partial charge in [0.2, 0.25) is 0 Å². The standard InChI is InChI=1S/C16H19N/c1-13-7-5-6-10-15(13)16(11-12-17)14-8-3-2-4-9-14/h2-10,16H,11-12,17H2,1H3. The molecule has 1 atom stereocenters. The molecule has 0 aliphatic heterocycles. The van der Waals surface area contributed by atoms with Crippen LogP contribution >= 0.6 is 0 Å². The van der Waals surface area contributed by atoms with E-state index < -0.39 is 0 Å². The molecule has 0 spiro atoms. The van der Waals surface area contributed by atoms with Crippen LogP contribution in [0.15, 0.2) is 54.6 Å². The Kier molecular flexibility index (Phi) is 3.94. The van der Waals surface area contributed by atoms with E-state index in [1.807, 2.05) is 0 Å². The molecular weight excluding hydrogens is 206 g/mol. The summed E-state index contributed by atoms with van der Waals surface area (Å²) in [6.07, 6.45) is 0.995. The van der Waals surface area contributed by atoms with Crippen LogP contribution in [0.4, 0.5) is 0 Å². The maximum atomic E-state index is 5.75. The Balaban J connectivity index is 2.39. The third kappa shape index (κ3) is 2.75. The zero-order chi connectivity index (χ0) is 12.1. The molecule has 0 amide bonds. The largest absolute Gasteiger partial charge is 0.330 e. The molecule has 1 heteroatoms. The fraction of sp³-hybridized carbons (Fsp3) is 0.250.